The van der Waals surface area contributed by atoms with Gasteiger partial charge in [-0.15, -0.1) is 0 Å². The number of anilines is 1. The van der Waals surface area contributed by atoms with Crippen molar-refractivity contribution in [2.24, 2.45) is 0 Å². The molecule has 20 heavy (non-hydrogen) atoms. The van der Waals surface area contributed by atoms with Crippen molar-refractivity contribution in [1.29, 1.82) is 5.26 Å². The molecule has 4 nitrogen and oxygen atoms in total. The predicted octanol–water partition coefficient (Wildman–Crippen LogP) is 2.82. The molecule has 0 radical (unpaired) electrons. The Balaban J connectivity index is 2.37. The lowest BCUT2D eigenvalue weighted by Gasteiger charge is -2.17. The van der Waals surface area contributed by atoms with Crippen LogP contribution >= 0.6 is 0 Å². The van der Waals surface area contributed by atoms with Crippen LogP contribution in [0.4, 0.5) is 5.69 Å². The van der Waals surface area contributed by atoms with Crippen molar-refractivity contribution in [3.63, 3.8) is 0 Å². The summed E-state index contributed by atoms with van der Waals surface area (Å²) in [5.74, 6) is 0.435. The summed E-state index contributed by atoms with van der Waals surface area (Å²) < 4.78 is 11.6. The molecule has 0 aliphatic carbocycles. The third-order valence-electron chi connectivity index (χ3n) is 2.71. The molecule has 0 fully saturated rings. The number of nitrogens with zero attached hydrogens (tertiary/aromatic N) is 1. The van der Waals surface area contributed by atoms with Crippen molar-refractivity contribution < 1.29 is 9.00 Å². The van der Waals surface area contributed by atoms with Gasteiger partial charge in [-0.05, 0) is 51.5 Å². The number of nitrogens with one attached hydrogen (secondary N) is 1. The molecule has 1 rings (SSSR count). The number of hydrogen-bond donors (Lipinski definition) is 1. The Bertz CT molecular complexity index is 524. The average Bonchev–Trinajstić information content (AvgIpc) is 2.38. The molecule has 5 heteroatoms. The van der Waals surface area contributed by atoms with E-state index in [4.69, 9.17) is 5.26 Å². The zero-order chi connectivity index (χ0) is 15.2. The minimum absolute atomic E-state index is 0.0967. The lowest BCUT2D eigenvalue weighted by Crippen LogP contribution is -2.24. The third kappa shape index (κ3) is 5.54. The number of rotatable bonds is 5. The van der Waals surface area contributed by atoms with Gasteiger partial charge >= 0.3 is 0 Å². The van der Waals surface area contributed by atoms with Crippen molar-refractivity contribution in [2.75, 3.05) is 11.1 Å². The van der Waals surface area contributed by atoms with Crippen LogP contribution in [0.5, 0.6) is 0 Å². The van der Waals surface area contributed by atoms with Crippen LogP contribution in [0, 0.1) is 11.3 Å². The van der Waals surface area contributed by atoms with Crippen LogP contribution in [0.25, 0.3) is 0 Å². The Hall–Kier alpha value is -1.67. The third-order valence-corrected chi connectivity index (χ3v) is 4.74. The number of carbonyl (C=O) groups is 1. The van der Waals surface area contributed by atoms with Gasteiger partial charge in [-0.2, -0.15) is 5.26 Å². The van der Waals surface area contributed by atoms with E-state index >= 15 is 0 Å². The lowest BCUT2D eigenvalue weighted by atomic mass is 10.2. The molecule has 108 valence electrons. The Kier molecular flexibility index (Phi) is 5.90. The van der Waals surface area contributed by atoms with E-state index in [-0.39, 0.29) is 10.7 Å². The second-order valence-corrected chi connectivity index (χ2v) is 7.83. The summed E-state index contributed by atoms with van der Waals surface area (Å²) in [5, 5.41) is 11.4. The summed E-state index contributed by atoms with van der Waals surface area (Å²) in [4.78, 5) is 11.7. The Morgan fingerprint density at radius 2 is 1.90 bits per heavy atom. The lowest BCUT2D eigenvalue weighted by molar-refractivity contribution is -0.116. The van der Waals surface area contributed by atoms with Gasteiger partial charge in [0.25, 0.3) is 0 Å². The summed E-state index contributed by atoms with van der Waals surface area (Å²) in [7, 11) is -0.921. The molecule has 1 aromatic carbocycles. The normalized spacial score (nSPS) is 12.5. The first-order valence-electron chi connectivity index (χ1n) is 6.51. The summed E-state index contributed by atoms with van der Waals surface area (Å²) >= 11 is 0. The predicted molar refractivity (Wildman–Crippen MR) is 81.8 cm³/mol. The standard InChI is InChI=1S/C15H20N2O2S/c1-15(2,3)20(19)10-4-5-14(18)17-13-8-6-12(11-16)7-9-13/h6-9H,4-5,10H2,1-3H3,(H,17,18). The average molecular weight is 292 g/mol. The van der Waals surface area contributed by atoms with Crippen LogP contribution in [0.15, 0.2) is 24.3 Å². The van der Waals surface area contributed by atoms with Gasteiger partial charge in [0.05, 0.1) is 11.6 Å². The van der Waals surface area contributed by atoms with Gasteiger partial charge in [0.1, 0.15) is 0 Å². The summed E-state index contributed by atoms with van der Waals surface area (Å²) in [6.45, 7) is 5.79. The van der Waals surface area contributed by atoms with Crippen molar-refractivity contribution in [1.82, 2.24) is 0 Å². The summed E-state index contributed by atoms with van der Waals surface area (Å²) in [5.41, 5.74) is 1.23. The van der Waals surface area contributed by atoms with Crippen LogP contribution in [0.1, 0.15) is 39.2 Å². The van der Waals surface area contributed by atoms with Gasteiger partial charge in [-0.25, -0.2) is 0 Å². The van der Waals surface area contributed by atoms with Crippen LogP contribution in [0.2, 0.25) is 0 Å². The number of carbonyl (C=O) groups excluding carboxylic acids is 1. The smallest absolute Gasteiger partial charge is 0.224 e. The Morgan fingerprint density at radius 1 is 1.30 bits per heavy atom. The number of hydrogen-bond acceptors (Lipinski definition) is 3. The fraction of sp³-hybridized carbons (Fsp3) is 0.467. The van der Waals surface area contributed by atoms with Crippen molar-refractivity contribution >= 4 is 22.4 Å². The highest BCUT2D eigenvalue weighted by molar-refractivity contribution is 7.86. The van der Waals surface area contributed by atoms with Crippen LogP contribution < -0.4 is 5.32 Å². The molecule has 0 saturated carbocycles. The second-order valence-electron chi connectivity index (χ2n) is 5.50. The quantitative estimate of drug-likeness (QED) is 0.907. The van der Waals surface area contributed by atoms with Crippen molar-refractivity contribution in [3.8, 4) is 6.07 Å². The van der Waals surface area contributed by atoms with E-state index in [9.17, 15) is 9.00 Å². The van der Waals surface area contributed by atoms with Gasteiger partial charge in [-0.1, -0.05) is 0 Å². The van der Waals surface area contributed by atoms with Crippen LogP contribution in [0.3, 0.4) is 0 Å². The fourth-order valence-electron chi connectivity index (χ4n) is 1.52. The SMILES string of the molecule is CC(C)(C)S(=O)CCCC(=O)Nc1ccc(C#N)cc1. The molecule has 1 amide bonds. The van der Waals surface area contributed by atoms with E-state index in [0.717, 1.165) is 0 Å². The van der Waals surface area contributed by atoms with E-state index in [1.165, 1.54) is 0 Å². The fourth-order valence-corrected chi connectivity index (χ4v) is 2.54. The molecule has 0 aliphatic rings. The van der Waals surface area contributed by atoms with Gasteiger partial charge in [0, 0.05) is 33.4 Å². The van der Waals surface area contributed by atoms with Crippen molar-refractivity contribution in [3.05, 3.63) is 29.8 Å². The second kappa shape index (κ2) is 7.20. The Morgan fingerprint density at radius 3 is 2.40 bits per heavy atom. The zero-order valence-electron chi connectivity index (χ0n) is 12.1. The maximum atomic E-state index is 11.8. The highest BCUT2D eigenvalue weighted by Crippen LogP contribution is 2.13. The highest BCUT2D eigenvalue weighted by Gasteiger charge is 2.18. The first-order valence-corrected chi connectivity index (χ1v) is 7.83. The first-order chi connectivity index (χ1) is 9.32. The van der Waals surface area contributed by atoms with Crippen molar-refractivity contribution in [2.45, 2.75) is 38.4 Å². The molecule has 1 N–H and O–H groups in total. The molecule has 0 aromatic heterocycles. The molecular formula is C15H20N2O2S. The zero-order valence-corrected chi connectivity index (χ0v) is 12.9. The number of amides is 1. The summed E-state index contributed by atoms with van der Waals surface area (Å²) in [6, 6.07) is 8.73. The van der Waals surface area contributed by atoms with E-state index < -0.39 is 10.8 Å². The molecule has 1 aromatic rings. The minimum atomic E-state index is -0.921. The topological polar surface area (TPSA) is 70.0 Å². The molecule has 0 spiro atoms. The monoisotopic (exact) mass is 292 g/mol. The molecule has 0 saturated heterocycles. The highest BCUT2D eigenvalue weighted by atomic mass is 32.2. The molecule has 0 aliphatic heterocycles. The van der Waals surface area contributed by atoms with Crippen LogP contribution in [-0.4, -0.2) is 20.6 Å². The largest absolute Gasteiger partial charge is 0.326 e. The van der Waals surface area contributed by atoms with E-state index in [1.807, 2.05) is 26.8 Å². The first kappa shape index (κ1) is 16.4. The molecule has 0 heterocycles. The van der Waals surface area contributed by atoms with Crippen LogP contribution in [-0.2, 0) is 15.6 Å². The maximum absolute atomic E-state index is 11.8. The van der Waals surface area contributed by atoms with Gasteiger partial charge in [0.2, 0.25) is 5.91 Å². The Labute approximate surface area is 122 Å². The van der Waals surface area contributed by atoms with Gasteiger partial charge in [-0.3, -0.25) is 9.00 Å². The van der Waals surface area contributed by atoms with E-state index in [0.29, 0.717) is 29.8 Å². The molecular weight excluding hydrogens is 272 g/mol. The minimum Gasteiger partial charge on any atom is -0.326 e. The molecule has 1 unspecified atom stereocenters. The molecule has 0 bridgehead atoms. The summed E-state index contributed by atoms with van der Waals surface area (Å²) in [6.07, 6.45) is 0.952. The van der Waals surface area contributed by atoms with E-state index in [1.54, 1.807) is 24.3 Å². The molecule has 1 atom stereocenters. The number of benzene rings is 1. The van der Waals surface area contributed by atoms with Gasteiger partial charge in [0.15, 0.2) is 0 Å². The van der Waals surface area contributed by atoms with E-state index in [2.05, 4.69) is 5.32 Å². The maximum Gasteiger partial charge on any atom is 0.224 e. The van der Waals surface area contributed by atoms with Gasteiger partial charge < -0.3 is 5.32 Å². The number of nitriles is 1.